The molecule has 4 heterocycles. The summed E-state index contributed by atoms with van der Waals surface area (Å²) in [6, 6.07) is 14.4. The first-order valence-corrected chi connectivity index (χ1v) is 9.64. The molecule has 5 rings (SSSR count). The number of anilines is 3. The van der Waals surface area contributed by atoms with E-state index in [1.54, 1.807) is 6.20 Å². The largest absolute Gasteiger partial charge is 0.489 e. The molecule has 0 unspecified atom stereocenters. The lowest BCUT2D eigenvalue weighted by Crippen LogP contribution is -2.36. The first-order chi connectivity index (χ1) is 13.9. The smallest absolute Gasteiger partial charge is 0.173 e. The van der Waals surface area contributed by atoms with Crippen molar-refractivity contribution in [1.29, 1.82) is 0 Å². The Morgan fingerprint density at radius 2 is 1.79 bits per heavy atom. The molecule has 6 nitrogen and oxygen atoms in total. The van der Waals surface area contributed by atoms with Crippen LogP contribution in [-0.2, 0) is 11.2 Å². The second-order valence-electron chi connectivity index (χ2n) is 6.91. The van der Waals surface area contributed by atoms with Gasteiger partial charge in [-0.15, -0.1) is 0 Å². The van der Waals surface area contributed by atoms with Crippen molar-refractivity contribution >= 4 is 17.2 Å². The molecule has 0 spiro atoms. The van der Waals surface area contributed by atoms with Crippen molar-refractivity contribution in [2.75, 3.05) is 43.1 Å². The van der Waals surface area contributed by atoms with E-state index >= 15 is 0 Å². The standard InChI is InChI=1S/C22H22N4O2/c1-2-9-23-20(3-1)19-15-24-22(21-18(19)8-12-28-21)25-16-4-6-17(7-5-16)26-10-13-27-14-11-26/h1-7,9,15H,8,10-14H2,(H,24,25). The third kappa shape index (κ3) is 3.27. The number of hydrogen-bond donors (Lipinski definition) is 1. The molecule has 0 radical (unpaired) electrons. The minimum Gasteiger partial charge on any atom is -0.489 e. The number of aromatic nitrogens is 2. The zero-order chi connectivity index (χ0) is 18.8. The van der Waals surface area contributed by atoms with Crippen LogP contribution in [0.4, 0.5) is 17.2 Å². The van der Waals surface area contributed by atoms with Crippen LogP contribution in [0.5, 0.6) is 5.75 Å². The predicted octanol–water partition coefficient (Wildman–Crippen LogP) is 3.66. The van der Waals surface area contributed by atoms with Gasteiger partial charge >= 0.3 is 0 Å². The van der Waals surface area contributed by atoms with Gasteiger partial charge in [0, 0.05) is 54.4 Å². The second-order valence-corrected chi connectivity index (χ2v) is 6.91. The van der Waals surface area contributed by atoms with Gasteiger partial charge in [-0.05, 0) is 36.4 Å². The van der Waals surface area contributed by atoms with Gasteiger partial charge in [0.1, 0.15) is 0 Å². The van der Waals surface area contributed by atoms with E-state index in [0.29, 0.717) is 6.61 Å². The van der Waals surface area contributed by atoms with Crippen molar-refractivity contribution in [1.82, 2.24) is 9.97 Å². The fourth-order valence-electron chi connectivity index (χ4n) is 3.74. The van der Waals surface area contributed by atoms with Crippen LogP contribution in [0.2, 0.25) is 0 Å². The topological polar surface area (TPSA) is 59.5 Å². The van der Waals surface area contributed by atoms with Crippen LogP contribution in [0, 0.1) is 0 Å². The number of nitrogens with one attached hydrogen (secondary N) is 1. The first kappa shape index (κ1) is 17.0. The highest BCUT2D eigenvalue weighted by molar-refractivity contribution is 5.74. The van der Waals surface area contributed by atoms with Gasteiger partial charge in [0.2, 0.25) is 0 Å². The first-order valence-electron chi connectivity index (χ1n) is 9.64. The Kier molecular flexibility index (Phi) is 4.54. The molecule has 0 saturated carbocycles. The Labute approximate surface area is 164 Å². The summed E-state index contributed by atoms with van der Waals surface area (Å²) in [5, 5.41) is 3.41. The summed E-state index contributed by atoms with van der Waals surface area (Å²) >= 11 is 0. The average Bonchev–Trinajstić information content (AvgIpc) is 3.26. The number of rotatable bonds is 4. The van der Waals surface area contributed by atoms with E-state index in [9.17, 15) is 0 Å². The van der Waals surface area contributed by atoms with Crippen molar-refractivity contribution in [3.8, 4) is 17.0 Å². The zero-order valence-electron chi connectivity index (χ0n) is 15.6. The summed E-state index contributed by atoms with van der Waals surface area (Å²) in [7, 11) is 0. The number of benzene rings is 1. The molecule has 0 aliphatic carbocycles. The van der Waals surface area contributed by atoms with E-state index in [1.807, 2.05) is 24.4 Å². The van der Waals surface area contributed by atoms with Gasteiger partial charge < -0.3 is 19.7 Å². The van der Waals surface area contributed by atoms with Crippen LogP contribution < -0.4 is 15.0 Å². The zero-order valence-corrected chi connectivity index (χ0v) is 15.6. The molecule has 0 amide bonds. The highest BCUT2D eigenvalue weighted by atomic mass is 16.5. The number of hydrogen-bond acceptors (Lipinski definition) is 6. The van der Waals surface area contributed by atoms with Gasteiger partial charge in [0.15, 0.2) is 11.6 Å². The predicted molar refractivity (Wildman–Crippen MR) is 109 cm³/mol. The van der Waals surface area contributed by atoms with E-state index in [4.69, 9.17) is 9.47 Å². The third-order valence-corrected chi connectivity index (χ3v) is 5.18. The maximum absolute atomic E-state index is 5.91. The van der Waals surface area contributed by atoms with Gasteiger partial charge in [0.25, 0.3) is 0 Å². The number of ether oxygens (including phenoxy) is 2. The highest BCUT2D eigenvalue weighted by Crippen LogP contribution is 2.39. The van der Waals surface area contributed by atoms with Gasteiger partial charge in [-0.2, -0.15) is 0 Å². The molecule has 2 aliphatic heterocycles. The highest BCUT2D eigenvalue weighted by Gasteiger charge is 2.23. The van der Waals surface area contributed by atoms with E-state index < -0.39 is 0 Å². The lowest BCUT2D eigenvalue weighted by Gasteiger charge is -2.28. The van der Waals surface area contributed by atoms with Gasteiger partial charge in [-0.1, -0.05) is 6.07 Å². The molecular weight excluding hydrogens is 352 g/mol. The Hall–Kier alpha value is -3.12. The summed E-state index contributed by atoms with van der Waals surface area (Å²) in [4.78, 5) is 11.4. The molecule has 2 aliphatic rings. The molecule has 142 valence electrons. The van der Waals surface area contributed by atoms with Crippen molar-refractivity contribution in [2.45, 2.75) is 6.42 Å². The summed E-state index contributed by atoms with van der Waals surface area (Å²) in [5.41, 5.74) is 5.35. The van der Waals surface area contributed by atoms with Crippen LogP contribution in [-0.4, -0.2) is 42.9 Å². The second kappa shape index (κ2) is 7.48. The monoisotopic (exact) mass is 374 g/mol. The quantitative estimate of drug-likeness (QED) is 0.752. The van der Waals surface area contributed by atoms with Crippen LogP contribution in [0.15, 0.2) is 54.9 Å². The molecule has 0 bridgehead atoms. The van der Waals surface area contributed by atoms with Crippen molar-refractivity contribution in [3.05, 3.63) is 60.4 Å². The molecule has 3 aromatic rings. The normalized spacial score (nSPS) is 15.8. The maximum Gasteiger partial charge on any atom is 0.173 e. The van der Waals surface area contributed by atoms with Gasteiger partial charge in [0.05, 0.1) is 25.5 Å². The Bertz CT molecular complexity index is 954. The SMILES string of the molecule is c1ccc(-c2cnc(Nc3ccc(N4CCOCC4)cc3)c3c2CCO3)nc1. The summed E-state index contributed by atoms with van der Waals surface area (Å²) in [6.07, 6.45) is 4.56. The van der Waals surface area contributed by atoms with Crippen LogP contribution in [0.1, 0.15) is 5.56 Å². The maximum atomic E-state index is 5.91. The average molecular weight is 374 g/mol. The molecule has 1 fully saturated rings. The molecule has 0 atom stereocenters. The number of fused-ring (bicyclic) bond motifs is 1. The Morgan fingerprint density at radius 1 is 0.929 bits per heavy atom. The van der Waals surface area contributed by atoms with Crippen molar-refractivity contribution in [2.24, 2.45) is 0 Å². The van der Waals surface area contributed by atoms with E-state index in [-0.39, 0.29) is 0 Å². The molecule has 1 saturated heterocycles. The van der Waals surface area contributed by atoms with E-state index in [1.165, 1.54) is 11.3 Å². The molecular formula is C22H22N4O2. The van der Waals surface area contributed by atoms with E-state index in [2.05, 4.69) is 44.5 Å². The molecule has 2 aromatic heterocycles. The minimum atomic E-state index is 0.672. The Balaban J connectivity index is 1.39. The summed E-state index contributed by atoms with van der Waals surface area (Å²) in [6.45, 7) is 4.12. The number of nitrogens with zero attached hydrogens (tertiary/aromatic N) is 3. The fourth-order valence-corrected chi connectivity index (χ4v) is 3.74. The van der Waals surface area contributed by atoms with Crippen LogP contribution in [0.25, 0.3) is 11.3 Å². The molecule has 28 heavy (non-hydrogen) atoms. The third-order valence-electron chi connectivity index (χ3n) is 5.18. The molecule has 6 heteroatoms. The number of morpholine rings is 1. The Morgan fingerprint density at radius 3 is 2.57 bits per heavy atom. The van der Waals surface area contributed by atoms with Crippen molar-refractivity contribution in [3.63, 3.8) is 0 Å². The van der Waals surface area contributed by atoms with Crippen molar-refractivity contribution < 1.29 is 9.47 Å². The molecule has 1 aromatic carbocycles. The summed E-state index contributed by atoms with van der Waals surface area (Å²) in [5.74, 6) is 1.59. The minimum absolute atomic E-state index is 0.672. The lowest BCUT2D eigenvalue weighted by molar-refractivity contribution is 0.122. The fraction of sp³-hybridized carbons (Fsp3) is 0.273. The lowest BCUT2D eigenvalue weighted by atomic mass is 10.0. The van der Waals surface area contributed by atoms with Crippen LogP contribution >= 0.6 is 0 Å². The van der Waals surface area contributed by atoms with E-state index in [0.717, 1.165) is 61.2 Å². The van der Waals surface area contributed by atoms with Gasteiger partial charge in [-0.25, -0.2) is 4.98 Å². The van der Waals surface area contributed by atoms with Gasteiger partial charge in [-0.3, -0.25) is 4.98 Å². The van der Waals surface area contributed by atoms with Crippen LogP contribution in [0.3, 0.4) is 0 Å². The number of pyridine rings is 2. The molecule has 1 N–H and O–H groups in total. The summed E-state index contributed by atoms with van der Waals surface area (Å²) < 4.78 is 11.3.